The highest BCUT2D eigenvalue weighted by Gasteiger charge is 2.08. The Kier molecular flexibility index (Phi) is 2.51. The molecule has 1 heterocycles. The van der Waals surface area contributed by atoms with E-state index in [0.717, 1.165) is 5.56 Å². The second-order valence-electron chi connectivity index (χ2n) is 3.05. The number of nitrogens with two attached hydrogens (primary N) is 1. The second kappa shape index (κ2) is 3.97. The standard InChI is InChI=1S/C9H11N5/c10-8(6-9-11-13-14-12-9)7-4-2-1-3-5-7/h1-5,8H,6,10H2,(H,11,12,13,14). The van der Waals surface area contributed by atoms with Crippen LogP contribution in [0.5, 0.6) is 0 Å². The van der Waals surface area contributed by atoms with E-state index in [4.69, 9.17) is 5.73 Å². The monoisotopic (exact) mass is 189 g/mol. The molecule has 0 aliphatic carbocycles. The summed E-state index contributed by atoms with van der Waals surface area (Å²) in [7, 11) is 0. The Hall–Kier alpha value is -1.75. The molecule has 5 nitrogen and oxygen atoms in total. The van der Waals surface area contributed by atoms with Gasteiger partial charge in [-0.1, -0.05) is 35.5 Å². The van der Waals surface area contributed by atoms with E-state index in [9.17, 15) is 0 Å². The molecule has 2 rings (SSSR count). The number of nitrogens with zero attached hydrogens (tertiary/aromatic N) is 3. The summed E-state index contributed by atoms with van der Waals surface area (Å²) in [5, 5.41) is 13.6. The van der Waals surface area contributed by atoms with Crippen LogP contribution in [-0.4, -0.2) is 20.6 Å². The van der Waals surface area contributed by atoms with E-state index in [0.29, 0.717) is 12.2 Å². The maximum Gasteiger partial charge on any atom is 0.176 e. The molecule has 5 heteroatoms. The molecular formula is C9H11N5. The Morgan fingerprint density at radius 3 is 2.71 bits per heavy atom. The van der Waals surface area contributed by atoms with E-state index in [1.165, 1.54) is 0 Å². The number of benzene rings is 1. The molecule has 1 aromatic heterocycles. The van der Waals surface area contributed by atoms with Crippen molar-refractivity contribution in [2.75, 3.05) is 0 Å². The normalized spacial score (nSPS) is 12.6. The zero-order chi connectivity index (χ0) is 9.80. The predicted octanol–water partition coefficient (Wildman–Crippen LogP) is 0.442. The molecule has 1 unspecified atom stereocenters. The lowest BCUT2D eigenvalue weighted by molar-refractivity contribution is 0.688. The third-order valence-corrected chi connectivity index (χ3v) is 2.02. The summed E-state index contributed by atoms with van der Waals surface area (Å²) in [6, 6.07) is 9.80. The fraction of sp³-hybridized carbons (Fsp3) is 0.222. The molecule has 14 heavy (non-hydrogen) atoms. The van der Waals surface area contributed by atoms with Gasteiger partial charge >= 0.3 is 0 Å². The third kappa shape index (κ3) is 1.94. The molecule has 0 aliphatic heterocycles. The van der Waals surface area contributed by atoms with E-state index in [-0.39, 0.29) is 6.04 Å². The number of hydrogen-bond donors (Lipinski definition) is 2. The average Bonchev–Trinajstić information content (AvgIpc) is 2.72. The molecule has 0 amide bonds. The number of H-pyrrole nitrogens is 1. The molecule has 72 valence electrons. The molecule has 0 saturated carbocycles. The molecule has 0 bridgehead atoms. The van der Waals surface area contributed by atoms with Crippen molar-refractivity contribution >= 4 is 0 Å². The molecule has 2 aromatic rings. The Labute approximate surface area is 81.3 Å². The van der Waals surface area contributed by atoms with Gasteiger partial charge in [-0.15, -0.1) is 10.2 Å². The van der Waals surface area contributed by atoms with E-state index < -0.39 is 0 Å². The van der Waals surface area contributed by atoms with E-state index in [1.807, 2.05) is 30.3 Å². The highest BCUT2D eigenvalue weighted by atomic mass is 15.5. The zero-order valence-corrected chi connectivity index (χ0v) is 7.59. The predicted molar refractivity (Wildman–Crippen MR) is 51.3 cm³/mol. The molecule has 0 spiro atoms. The first kappa shape index (κ1) is 8.83. The first-order chi connectivity index (χ1) is 6.86. The Bertz CT molecular complexity index is 369. The van der Waals surface area contributed by atoms with Gasteiger partial charge in [0.05, 0.1) is 0 Å². The largest absolute Gasteiger partial charge is 0.324 e. The molecule has 1 aromatic carbocycles. The van der Waals surface area contributed by atoms with Crippen LogP contribution in [0.25, 0.3) is 0 Å². The fourth-order valence-corrected chi connectivity index (χ4v) is 1.28. The van der Waals surface area contributed by atoms with Crippen LogP contribution in [0.2, 0.25) is 0 Å². The van der Waals surface area contributed by atoms with Crippen molar-refractivity contribution in [3.05, 3.63) is 41.7 Å². The van der Waals surface area contributed by atoms with Crippen LogP contribution >= 0.6 is 0 Å². The number of hydrogen-bond acceptors (Lipinski definition) is 4. The smallest absolute Gasteiger partial charge is 0.176 e. The molecule has 0 saturated heterocycles. The van der Waals surface area contributed by atoms with Crippen LogP contribution in [0.15, 0.2) is 30.3 Å². The number of nitrogens with one attached hydrogen (secondary N) is 1. The van der Waals surface area contributed by atoms with Crippen molar-refractivity contribution in [3.63, 3.8) is 0 Å². The van der Waals surface area contributed by atoms with Crippen LogP contribution in [-0.2, 0) is 6.42 Å². The van der Waals surface area contributed by atoms with Gasteiger partial charge in [0.25, 0.3) is 0 Å². The van der Waals surface area contributed by atoms with Gasteiger partial charge in [-0.2, -0.15) is 5.21 Å². The number of tetrazole rings is 1. The minimum absolute atomic E-state index is 0.0752. The first-order valence-corrected chi connectivity index (χ1v) is 4.39. The summed E-state index contributed by atoms with van der Waals surface area (Å²) in [4.78, 5) is 0. The van der Waals surface area contributed by atoms with Crippen LogP contribution in [0.3, 0.4) is 0 Å². The lowest BCUT2D eigenvalue weighted by atomic mass is 10.1. The van der Waals surface area contributed by atoms with E-state index in [1.54, 1.807) is 0 Å². The van der Waals surface area contributed by atoms with Gasteiger partial charge in [0.1, 0.15) is 0 Å². The SMILES string of the molecule is NC(Cc1nn[nH]n1)c1ccccc1. The molecule has 0 radical (unpaired) electrons. The van der Waals surface area contributed by atoms with Crippen molar-refractivity contribution < 1.29 is 0 Å². The maximum atomic E-state index is 5.96. The molecular weight excluding hydrogens is 178 g/mol. The number of aromatic nitrogens is 4. The lowest BCUT2D eigenvalue weighted by Gasteiger charge is -2.08. The molecule has 0 fully saturated rings. The second-order valence-corrected chi connectivity index (χ2v) is 3.05. The molecule has 3 N–H and O–H groups in total. The molecule has 0 aliphatic rings. The van der Waals surface area contributed by atoms with Gasteiger partial charge in [0.15, 0.2) is 5.82 Å². The zero-order valence-electron chi connectivity index (χ0n) is 7.59. The Balaban J connectivity index is 2.07. The highest BCUT2D eigenvalue weighted by Crippen LogP contribution is 2.12. The lowest BCUT2D eigenvalue weighted by Crippen LogP contribution is -2.14. The summed E-state index contributed by atoms with van der Waals surface area (Å²) in [5.41, 5.74) is 7.05. The number of rotatable bonds is 3. The van der Waals surface area contributed by atoms with Crippen LogP contribution in [0.4, 0.5) is 0 Å². The van der Waals surface area contributed by atoms with Crippen molar-refractivity contribution in [1.29, 1.82) is 0 Å². The minimum atomic E-state index is -0.0752. The average molecular weight is 189 g/mol. The van der Waals surface area contributed by atoms with Gasteiger partial charge in [-0.05, 0) is 5.56 Å². The van der Waals surface area contributed by atoms with Crippen LogP contribution < -0.4 is 5.73 Å². The molecule has 1 atom stereocenters. The highest BCUT2D eigenvalue weighted by molar-refractivity contribution is 5.19. The van der Waals surface area contributed by atoms with Gasteiger partial charge < -0.3 is 5.73 Å². The summed E-state index contributed by atoms with van der Waals surface area (Å²) in [5.74, 6) is 0.640. The van der Waals surface area contributed by atoms with E-state index >= 15 is 0 Å². The fourth-order valence-electron chi connectivity index (χ4n) is 1.28. The van der Waals surface area contributed by atoms with Gasteiger partial charge in [0, 0.05) is 12.5 Å². The van der Waals surface area contributed by atoms with E-state index in [2.05, 4.69) is 20.6 Å². The minimum Gasteiger partial charge on any atom is -0.324 e. The summed E-state index contributed by atoms with van der Waals surface area (Å²) in [6.45, 7) is 0. The number of aromatic amines is 1. The van der Waals surface area contributed by atoms with Crippen LogP contribution in [0, 0.1) is 0 Å². The van der Waals surface area contributed by atoms with Crippen molar-refractivity contribution in [2.24, 2.45) is 5.73 Å². The van der Waals surface area contributed by atoms with Gasteiger partial charge in [0.2, 0.25) is 0 Å². The quantitative estimate of drug-likeness (QED) is 0.734. The summed E-state index contributed by atoms with van der Waals surface area (Å²) >= 11 is 0. The summed E-state index contributed by atoms with van der Waals surface area (Å²) < 4.78 is 0. The van der Waals surface area contributed by atoms with Crippen LogP contribution in [0.1, 0.15) is 17.4 Å². The summed E-state index contributed by atoms with van der Waals surface area (Å²) in [6.07, 6.45) is 0.598. The third-order valence-electron chi connectivity index (χ3n) is 2.02. The van der Waals surface area contributed by atoms with Crippen molar-refractivity contribution in [2.45, 2.75) is 12.5 Å². The van der Waals surface area contributed by atoms with Crippen molar-refractivity contribution in [3.8, 4) is 0 Å². The Morgan fingerprint density at radius 1 is 1.29 bits per heavy atom. The first-order valence-electron chi connectivity index (χ1n) is 4.39. The Morgan fingerprint density at radius 2 is 2.07 bits per heavy atom. The van der Waals surface area contributed by atoms with Crippen molar-refractivity contribution in [1.82, 2.24) is 20.6 Å². The van der Waals surface area contributed by atoms with Gasteiger partial charge in [-0.25, -0.2) is 0 Å². The topological polar surface area (TPSA) is 80.5 Å². The van der Waals surface area contributed by atoms with Gasteiger partial charge in [-0.3, -0.25) is 0 Å². The maximum absolute atomic E-state index is 5.96.